The van der Waals surface area contributed by atoms with Crippen LogP contribution >= 0.6 is 0 Å². The van der Waals surface area contributed by atoms with Crippen LogP contribution < -0.4 is 0 Å². The minimum atomic E-state index is -0.164. The van der Waals surface area contributed by atoms with Crippen LogP contribution in [0.25, 0.3) is 28.0 Å². The summed E-state index contributed by atoms with van der Waals surface area (Å²) in [5.74, 6) is 0.0281. The van der Waals surface area contributed by atoms with E-state index in [-0.39, 0.29) is 11.9 Å². The van der Waals surface area contributed by atoms with Crippen LogP contribution in [0.4, 0.5) is 0 Å². The van der Waals surface area contributed by atoms with Gasteiger partial charge in [0.05, 0.1) is 43.0 Å². The molecule has 0 aliphatic carbocycles. The third-order valence-electron chi connectivity index (χ3n) is 6.88. The van der Waals surface area contributed by atoms with Crippen LogP contribution in [-0.4, -0.2) is 51.6 Å². The van der Waals surface area contributed by atoms with E-state index >= 15 is 0 Å². The van der Waals surface area contributed by atoms with Gasteiger partial charge in [0.15, 0.2) is 0 Å². The normalized spacial score (nSPS) is 14.9. The van der Waals surface area contributed by atoms with Gasteiger partial charge in [-0.2, -0.15) is 0 Å². The molecule has 6 rings (SSSR count). The largest absolute Gasteiger partial charge is 0.378 e. The molecule has 1 aliphatic rings. The zero-order valence-electron chi connectivity index (χ0n) is 20.5. The van der Waals surface area contributed by atoms with E-state index in [1.807, 2.05) is 47.6 Å². The van der Waals surface area contributed by atoms with E-state index in [1.54, 1.807) is 6.33 Å². The minimum Gasteiger partial charge on any atom is -0.378 e. The van der Waals surface area contributed by atoms with Crippen LogP contribution in [0.3, 0.4) is 0 Å². The van der Waals surface area contributed by atoms with Crippen molar-refractivity contribution in [1.29, 1.82) is 0 Å². The molecule has 3 heterocycles. The molecular weight excluding hydrogens is 460 g/mol. The number of nitrogens with zero attached hydrogens (tertiary/aromatic N) is 3. The highest BCUT2D eigenvalue weighted by Gasteiger charge is 2.26. The summed E-state index contributed by atoms with van der Waals surface area (Å²) in [5, 5.41) is 2.27. The molecule has 1 amide bonds. The predicted molar refractivity (Wildman–Crippen MR) is 146 cm³/mol. The number of hydrogen-bond acceptors (Lipinski definition) is 3. The Labute approximate surface area is 215 Å². The Balaban J connectivity index is 1.49. The number of benzene rings is 3. The number of morpholine rings is 1. The van der Waals surface area contributed by atoms with E-state index in [2.05, 4.69) is 75.3 Å². The third kappa shape index (κ3) is 4.71. The van der Waals surface area contributed by atoms with Crippen LogP contribution in [0.2, 0.25) is 0 Å². The van der Waals surface area contributed by atoms with Crippen molar-refractivity contribution >= 4 is 22.8 Å². The molecule has 2 aromatic heterocycles. The minimum absolute atomic E-state index is 0.0281. The lowest BCUT2D eigenvalue weighted by atomic mass is 9.97. The number of amides is 1. The van der Waals surface area contributed by atoms with E-state index in [0.717, 1.165) is 33.2 Å². The Morgan fingerprint density at radius 3 is 2.51 bits per heavy atom. The molecule has 0 radical (unpaired) electrons. The number of H-pyrrole nitrogens is 1. The Hall–Kier alpha value is -4.42. The summed E-state index contributed by atoms with van der Waals surface area (Å²) in [6.45, 7) is 2.31. The number of hydrogen-bond donors (Lipinski definition) is 1. The van der Waals surface area contributed by atoms with Crippen LogP contribution in [0, 0.1) is 0 Å². The van der Waals surface area contributed by atoms with Gasteiger partial charge in [-0.1, -0.05) is 84.9 Å². The SMILES string of the molecule is O=C(c1cn(C(C=Cc2ccccc2)c2cnc[nH]2)cc1-c1cccc2ccccc12)N1CCOCC1. The number of ether oxygens (including phenoxy) is 1. The average molecular weight is 489 g/mol. The molecule has 0 spiro atoms. The van der Waals surface area contributed by atoms with Crippen molar-refractivity contribution in [3.05, 3.63) is 121 Å². The molecule has 1 N–H and O–H groups in total. The molecule has 5 aromatic rings. The molecule has 0 saturated carbocycles. The van der Waals surface area contributed by atoms with Gasteiger partial charge in [0.2, 0.25) is 0 Å². The summed E-state index contributed by atoms with van der Waals surface area (Å²) >= 11 is 0. The lowest BCUT2D eigenvalue weighted by Crippen LogP contribution is -2.40. The molecule has 1 fully saturated rings. The topological polar surface area (TPSA) is 63.2 Å². The van der Waals surface area contributed by atoms with Crippen molar-refractivity contribution in [2.24, 2.45) is 0 Å². The third-order valence-corrected chi connectivity index (χ3v) is 6.88. The van der Waals surface area contributed by atoms with Crippen molar-refractivity contribution in [1.82, 2.24) is 19.4 Å². The average Bonchev–Trinajstić information content (AvgIpc) is 3.65. The number of carbonyl (C=O) groups is 1. The van der Waals surface area contributed by atoms with E-state index in [9.17, 15) is 4.79 Å². The first-order chi connectivity index (χ1) is 18.3. The number of aromatic amines is 1. The fourth-order valence-electron chi connectivity index (χ4n) is 4.98. The van der Waals surface area contributed by atoms with Crippen molar-refractivity contribution in [3.63, 3.8) is 0 Å². The van der Waals surface area contributed by atoms with E-state index in [1.165, 1.54) is 0 Å². The Kier molecular flexibility index (Phi) is 6.40. The predicted octanol–water partition coefficient (Wildman–Crippen LogP) is 5.81. The van der Waals surface area contributed by atoms with Gasteiger partial charge >= 0.3 is 0 Å². The number of fused-ring (bicyclic) bond motifs is 1. The van der Waals surface area contributed by atoms with E-state index in [4.69, 9.17) is 4.74 Å². The van der Waals surface area contributed by atoms with Gasteiger partial charge in [-0.25, -0.2) is 4.98 Å². The zero-order chi connectivity index (χ0) is 25.0. The highest BCUT2D eigenvalue weighted by molar-refractivity contribution is 6.06. The van der Waals surface area contributed by atoms with Crippen molar-refractivity contribution in [2.45, 2.75) is 6.04 Å². The van der Waals surface area contributed by atoms with Crippen molar-refractivity contribution < 1.29 is 9.53 Å². The second kappa shape index (κ2) is 10.3. The molecule has 6 heteroatoms. The molecule has 1 unspecified atom stereocenters. The Morgan fingerprint density at radius 2 is 1.70 bits per heavy atom. The smallest absolute Gasteiger partial charge is 0.256 e. The first-order valence-electron chi connectivity index (χ1n) is 12.6. The first-order valence-corrected chi connectivity index (χ1v) is 12.6. The highest BCUT2D eigenvalue weighted by atomic mass is 16.5. The maximum Gasteiger partial charge on any atom is 0.256 e. The lowest BCUT2D eigenvalue weighted by molar-refractivity contribution is 0.0303. The Morgan fingerprint density at radius 1 is 0.919 bits per heavy atom. The number of allylic oxidation sites excluding steroid dienone is 1. The molecule has 0 bridgehead atoms. The summed E-state index contributed by atoms with van der Waals surface area (Å²) < 4.78 is 7.61. The van der Waals surface area contributed by atoms with Crippen molar-refractivity contribution in [2.75, 3.05) is 26.3 Å². The van der Waals surface area contributed by atoms with Gasteiger partial charge in [-0.3, -0.25) is 4.79 Å². The molecule has 184 valence electrons. The molecule has 6 nitrogen and oxygen atoms in total. The Bertz CT molecular complexity index is 1530. The van der Waals surface area contributed by atoms with E-state index in [0.29, 0.717) is 31.9 Å². The zero-order valence-corrected chi connectivity index (χ0v) is 20.5. The van der Waals surface area contributed by atoms with Gasteiger partial charge in [-0.05, 0) is 21.9 Å². The summed E-state index contributed by atoms with van der Waals surface area (Å²) in [7, 11) is 0. The first kappa shape index (κ1) is 23.0. The molecule has 3 aromatic carbocycles. The molecule has 37 heavy (non-hydrogen) atoms. The van der Waals surface area contributed by atoms with Gasteiger partial charge < -0.3 is 19.2 Å². The monoisotopic (exact) mass is 488 g/mol. The van der Waals surface area contributed by atoms with Gasteiger partial charge in [0.25, 0.3) is 5.91 Å². The van der Waals surface area contributed by atoms with Crippen LogP contribution in [0.1, 0.15) is 27.7 Å². The van der Waals surface area contributed by atoms with Gasteiger partial charge in [0, 0.05) is 31.0 Å². The fourth-order valence-corrected chi connectivity index (χ4v) is 4.98. The van der Waals surface area contributed by atoms with Crippen LogP contribution in [0.15, 0.2) is 104 Å². The molecular formula is C31H28N4O2. The van der Waals surface area contributed by atoms with Crippen LogP contribution in [-0.2, 0) is 4.74 Å². The van der Waals surface area contributed by atoms with Crippen LogP contribution in [0.5, 0.6) is 0 Å². The molecule has 1 saturated heterocycles. The lowest BCUT2D eigenvalue weighted by Gasteiger charge is -2.27. The van der Waals surface area contributed by atoms with Gasteiger partial charge in [0.1, 0.15) is 0 Å². The van der Waals surface area contributed by atoms with E-state index < -0.39 is 0 Å². The summed E-state index contributed by atoms with van der Waals surface area (Å²) in [6, 6.07) is 24.6. The second-order valence-corrected chi connectivity index (χ2v) is 9.19. The second-order valence-electron chi connectivity index (χ2n) is 9.19. The molecule has 1 aliphatic heterocycles. The highest BCUT2D eigenvalue weighted by Crippen LogP contribution is 2.34. The number of nitrogens with one attached hydrogen (secondary N) is 1. The fraction of sp³-hybridized carbons (Fsp3) is 0.161. The number of aromatic nitrogens is 3. The molecule has 1 atom stereocenters. The standard InChI is InChI=1S/C31H28N4O2/c36-31(34-15-17-37-18-16-34)28-21-35(20-27(28)26-12-6-10-24-9-4-5-11-25(24)26)30(29-19-32-22-33-29)14-13-23-7-2-1-3-8-23/h1-14,19-22,30H,15-18H2,(H,32,33). The summed E-state index contributed by atoms with van der Waals surface area (Å²) in [4.78, 5) is 23.3. The quantitative estimate of drug-likeness (QED) is 0.328. The maximum absolute atomic E-state index is 13.9. The number of rotatable bonds is 6. The number of carbonyl (C=O) groups excluding carboxylic acids is 1. The van der Waals surface area contributed by atoms with Crippen molar-refractivity contribution in [3.8, 4) is 11.1 Å². The number of imidazole rings is 1. The van der Waals surface area contributed by atoms with Gasteiger partial charge in [-0.15, -0.1) is 0 Å². The maximum atomic E-state index is 13.9. The summed E-state index contributed by atoms with van der Waals surface area (Å²) in [6.07, 6.45) is 11.8. The summed E-state index contributed by atoms with van der Waals surface area (Å²) in [5.41, 5.74) is 4.71.